The minimum atomic E-state index is -0.630. The molecule has 2 atom stereocenters. The molecule has 1 heterocycles. The average molecular weight is 330 g/mol. The summed E-state index contributed by atoms with van der Waals surface area (Å²) in [7, 11) is 0. The maximum atomic E-state index is 12.1. The van der Waals surface area contributed by atoms with Gasteiger partial charge in [-0.15, -0.1) is 0 Å². The van der Waals surface area contributed by atoms with Crippen molar-refractivity contribution in [1.29, 1.82) is 5.26 Å². The molecule has 0 unspecified atom stereocenters. The SMILES string of the molecule is C[C@@H]1C[C@H](C)CN(C(=O)COC(=O)COc2ccccc2C#N)C1. The molecule has 0 bridgehead atoms. The molecule has 1 fully saturated rings. The third-order valence-electron chi connectivity index (χ3n) is 3.93. The Kier molecular flexibility index (Phi) is 6.19. The first-order valence-electron chi connectivity index (χ1n) is 8.05. The second-order valence-corrected chi connectivity index (χ2v) is 6.30. The number of carbonyl (C=O) groups is 2. The maximum Gasteiger partial charge on any atom is 0.344 e. The van der Waals surface area contributed by atoms with Gasteiger partial charge in [0, 0.05) is 13.1 Å². The fourth-order valence-electron chi connectivity index (χ4n) is 2.96. The Morgan fingerprint density at radius 2 is 1.88 bits per heavy atom. The molecule has 1 aliphatic heterocycles. The topological polar surface area (TPSA) is 79.6 Å². The van der Waals surface area contributed by atoms with Crippen LogP contribution in [0.3, 0.4) is 0 Å². The van der Waals surface area contributed by atoms with E-state index < -0.39 is 5.97 Å². The Labute approximate surface area is 142 Å². The quantitative estimate of drug-likeness (QED) is 0.771. The maximum absolute atomic E-state index is 12.1. The zero-order valence-corrected chi connectivity index (χ0v) is 14.0. The van der Waals surface area contributed by atoms with Gasteiger partial charge >= 0.3 is 5.97 Å². The van der Waals surface area contributed by atoms with Crippen molar-refractivity contribution >= 4 is 11.9 Å². The second-order valence-electron chi connectivity index (χ2n) is 6.30. The number of piperidine rings is 1. The van der Waals surface area contributed by atoms with Gasteiger partial charge in [0.1, 0.15) is 11.8 Å². The van der Waals surface area contributed by atoms with E-state index in [0.29, 0.717) is 36.2 Å². The fraction of sp³-hybridized carbons (Fsp3) is 0.500. The highest BCUT2D eigenvalue weighted by Crippen LogP contribution is 2.21. The Morgan fingerprint density at radius 3 is 2.54 bits per heavy atom. The van der Waals surface area contributed by atoms with Gasteiger partial charge in [0.05, 0.1) is 5.56 Å². The number of nitriles is 1. The largest absolute Gasteiger partial charge is 0.481 e. The van der Waals surface area contributed by atoms with Gasteiger partial charge in [-0.05, 0) is 30.4 Å². The van der Waals surface area contributed by atoms with E-state index in [1.165, 1.54) is 0 Å². The lowest BCUT2D eigenvalue weighted by atomic mass is 9.92. The molecule has 0 spiro atoms. The molecule has 6 nitrogen and oxygen atoms in total. The van der Waals surface area contributed by atoms with Gasteiger partial charge in [-0.1, -0.05) is 26.0 Å². The van der Waals surface area contributed by atoms with Crippen LogP contribution in [0.5, 0.6) is 5.75 Å². The number of benzene rings is 1. The van der Waals surface area contributed by atoms with Crippen LogP contribution in [-0.4, -0.2) is 43.1 Å². The van der Waals surface area contributed by atoms with E-state index in [2.05, 4.69) is 13.8 Å². The van der Waals surface area contributed by atoms with Crippen LogP contribution in [0.25, 0.3) is 0 Å². The zero-order valence-electron chi connectivity index (χ0n) is 14.0. The first kappa shape index (κ1) is 17.8. The number of ether oxygens (including phenoxy) is 2. The molecule has 6 heteroatoms. The van der Waals surface area contributed by atoms with E-state index in [1.807, 2.05) is 6.07 Å². The summed E-state index contributed by atoms with van der Waals surface area (Å²) < 4.78 is 10.3. The van der Waals surface area contributed by atoms with E-state index in [1.54, 1.807) is 29.2 Å². The number of likely N-dealkylation sites (tertiary alicyclic amines) is 1. The smallest absolute Gasteiger partial charge is 0.344 e. The van der Waals surface area contributed by atoms with Gasteiger partial charge < -0.3 is 14.4 Å². The van der Waals surface area contributed by atoms with E-state index in [4.69, 9.17) is 14.7 Å². The number of nitrogens with zero attached hydrogens (tertiary/aromatic N) is 2. The van der Waals surface area contributed by atoms with Crippen molar-refractivity contribution in [1.82, 2.24) is 4.90 Å². The first-order chi connectivity index (χ1) is 11.5. The highest BCUT2D eigenvalue weighted by molar-refractivity contribution is 5.81. The number of amides is 1. The van der Waals surface area contributed by atoms with Crippen LogP contribution >= 0.6 is 0 Å². The Hall–Kier alpha value is -2.55. The number of rotatable bonds is 5. The number of para-hydroxylation sites is 1. The van der Waals surface area contributed by atoms with Crippen LogP contribution in [0.2, 0.25) is 0 Å². The van der Waals surface area contributed by atoms with Crippen LogP contribution in [-0.2, 0) is 14.3 Å². The summed E-state index contributed by atoms with van der Waals surface area (Å²) in [5, 5.41) is 8.95. The predicted molar refractivity (Wildman–Crippen MR) is 87.1 cm³/mol. The van der Waals surface area contributed by atoms with Gasteiger partial charge in [0.15, 0.2) is 13.2 Å². The standard InChI is InChI=1S/C18H22N2O4/c1-13-7-14(2)10-20(9-13)17(21)11-24-18(22)12-23-16-6-4-3-5-15(16)8-19/h3-6,13-14H,7,9-12H2,1-2H3/t13-,14+. The third kappa shape index (κ3) is 4.98. The summed E-state index contributed by atoms with van der Waals surface area (Å²) in [5.74, 6) is 0.425. The predicted octanol–water partition coefficient (Wildman–Crippen LogP) is 1.98. The lowest BCUT2D eigenvalue weighted by Crippen LogP contribution is -2.44. The summed E-state index contributed by atoms with van der Waals surface area (Å²) in [6.07, 6.45) is 1.11. The molecular weight excluding hydrogens is 308 g/mol. The van der Waals surface area contributed by atoms with Crippen LogP contribution in [0, 0.1) is 23.2 Å². The van der Waals surface area contributed by atoms with E-state index in [0.717, 1.165) is 6.42 Å². The van der Waals surface area contributed by atoms with Crippen molar-refractivity contribution in [3.63, 3.8) is 0 Å². The zero-order chi connectivity index (χ0) is 17.5. The van der Waals surface area contributed by atoms with Crippen LogP contribution in [0.15, 0.2) is 24.3 Å². The molecular formula is C18H22N2O4. The molecule has 0 aliphatic carbocycles. The summed E-state index contributed by atoms with van der Waals surface area (Å²) in [4.78, 5) is 25.6. The van der Waals surface area contributed by atoms with Gasteiger partial charge in [-0.25, -0.2) is 4.79 Å². The highest BCUT2D eigenvalue weighted by atomic mass is 16.6. The molecule has 1 aromatic carbocycles. The minimum Gasteiger partial charge on any atom is -0.481 e. The second kappa shape index (κ2) is 8.34. The molecule has 0 aromatic heterocycles. The Bertz CT molecular complexity index is 628. The Morgan fingerprint density at radius 1 is 1.21 bits per heavy atom. The summed E-state index contributed by atoms with van der Waals surface area (Å²) >= 11 is 0. The molecule has 128 valence electrons. The highest BCUT2D eigenvalue weighted by Gasteiger charge is 2.25. The van der Waals surface area contributed by atoms with Crippen molar-refractivity contribution in [2.75, 3.05) is 26.3 Å². The van der Waals surface area contributed by atoms with Crippen molar-refractivity contribution < 1.29 is 19.1 Å². The Balaban J connectivity index is 1.77. The summed E-state index contributed by atoms with van der Waals surface area (Å²) in [6, 6.07) is 8.61. The van der Waals surface area contributed by atoms with Crippen molar-refractivity contribution in [3.8, 4) is 11.8 Å². The fourth-order valence-corrected chi connectivity index (χ4v) is 2.96. The van der Waals surface area contributed by atoms with E-state index in [-0.39, 0.29) is 19.1 Å². The number of esters is 1. The van der Waals surface area contributed by atoms with Gasteiger partial charge in [0.2, 0.25) is 0 Å². The molecule has 1 saturated heterocycles. The molecule has 0 saturated carbocycles. The van der Waals surface area contributed by atoms with Crippen LogP contribution < -0.4 is 4.74 Å². The van der Waals surface area contributed by atoms with Crippen LogP contribution in [0.1, 0.15) is 25.8 Å². The van der Waals surface area contributed by atoms with E-state index >= 15 is 0 Å². The van der Waals surface area contributed by atoms with Crippen molar-refractivity contribution in [2.24, 2.45) is 11.8 Å². The summed E-state index contributed by atoms with van der Waals surface area (Å²) in [6.45, 7) is 5.02. The normalized spacial score (nSPS) is 20.1. The molecule has 1 aromatic rings. The van der Waals surface area contributed by atoms with E-state index in [9.17, 15) is 9.59 Å². The number of carbonyl (C=O) groups excluding carboxylic acids is 2. The first-order valence-corrected chi connectivity index (χ1v) is 8.05. The average Bonchev–Trinajstić information content (AvgIpc) is 2.57. The molecule has 1 aliphatic rings. The number of hydrogen-bond donors (Lipinski definition) is 0. The third-order valence-corrected chi connectivity index (χ3v) is 3.93. The summed E-state index contributed by atoms with van der Waals surface area (Å²) in [5.41, 5.74) is 0.345. The van der Waals surface area contributed by atoms with Gasteiger partial charge in [0.25, 0.3) is 5.91 Å². The molecule has 0 radical (unpaired) electrons. The lowest BCUT2D eigenvalue weighted by Gasteiger charge is -2.34. The van der Waals surface area contributed by atoms with Crippen molar-refractivity contribution in [2.45, 2.75) is 20.3 Å². The van der Waals surface area contributed by atoms with Crippen molar-refractivity contribution in [3.05, 3.63) is 29.8 Å². The molecule has 0 N–H and O–H groups in total. The van der Waals surface area contributed by atoms with Gasteiger partial charge in [-0.2, -0.15) is 5.26 Å². The molecule has 24 heavy (non-hydrogen) atoms. The molecule has 2 rings (SSSR count). The van der Waals surface area contributed by atoms with Gasteiger partial charge in [-0.3, -0.25) is 4.79 Å². The minimum absolute atomic E-state index is 0.181. The number of hydrogen-bond acceptors (Lipinski definition) is 5. The lowest BCUT2D eigenvalue weighted by molar-refractivity contribution is -0.154. The monoisotopic (exact) mass is 330 g/mol. The van der Waals surface area contributed by atoms with Crippen LogP contribution in [0.4, 0.5) is 0 Å². The molecule has 1 amide bonds.